The molecule has 3 rings (SSSR count). The zero-order chi connectivity index (χ0) is 22.1. The van der Waals surface area contributed by atoms with Crippen molar-refractivity contribution in [2.75, 3.05) is 17.9 Å². The number of nitrogens with zero attached hydrogens (tertiary/aromatic N) is 1. The van der Waals surface area contributed by atoms with E-state index < -0.39 is 5.54 Å². The number of benzene rings is 2. The summed E-state index contributed by atoms with van der Waals surface area (Å²) in [4.78, 5) is 26.3. The van der Waals surface area contributed by atoms with Crippen LogP contribution in [0.2, 0.25) is 0 Å². The van der Waals surface area contributed by atoms with Gasteiger partial charge in [0.2, 0.25) is 5.91 Å². The molecule has 0 atom stereocenters. The molecular formula is C22H22N4O5. The largest absolute Gasteiger partial charge is 0.496 e. The van der Waals surface area contributed by atoms with E-state index >= 15 is 0 Å². The van der Waals surface area contributed by atoms with Crippen LogP contribution in [0.5, 0.6) is 5.75 Å². The normalized spacial score (nSPS) is 10.4. The zero-order valence-electron chi connectivity index (χ0n) is 17.3. The molecule has 0 aliphatic rings. The molecule has 0 saturated carbocycles. The SMILES string of the molecule is COc1cc(NOC#CONC(C)(C)C(=O)Nc2ccccc2)ccc1-c1cnco1. The predicted octanol–water partition coefficient (Wildman–Crippen LogP) is 3.55. The molecule has 0 radical (unpaired) electrons. The van der Waals surface area contributed by atoms with E-state index in [-0.39, 0.29) is 5.91 Å². The fourth-order valence-electron chi connectivity index (χ4n) is 2.44. The summed E-state index contributed by atoms with van der Waals surface area (Å²) >= 11 is 0. The molecular weight excluding hydrogens is 400 g/mol. The van der Waals surface area contributed by atoms with Gasteiger partial charge in [0, 0.05) is 11.8 Å². The van der Waals surface area contributed by atoms with Gasteiger partial charge in [0.1, 0.15) is 11.3 Å². The minimum atomic E-state index is -1.03. The van der Waals surface area contributed by atoms with Gasteiger partial charge >= 0.3 is 0 Å². The Kier molecular flexibility index (Phi) is 6.98. The maximum absolute atomic E-state index is 12.3. The molecule has 0 aliphatic carbocycles. The van der Waals surface area contributed by atoms with Crippen molar-refractivity contribution in [3.63, 3.8) is 0 Å². The molecule has 160 valence electrons. The molecule has 1 aromatic heterocycles. The maximum Gasteiger partial charge on any atom is 0.247 e. The highest BCUT2D eigenvalue weighted by Gasteiger charge is 2.28. The second kappa shape index (κ2) is 10.0. The summed E-state index contributed by atoms with van der Waals surface area (Å²) in [6.45, 7) is 3.32. The molecule has 2 aromatic carbocycles. The van der Waals surface area contributed by atoms with Crippen LogP contribution in [0.1, 0.15) is 13.8 Å². The Morgan fingerprint density at radius 3 is 2.55 bits per heavy atom. The molecule has 9 nitrogen and oxygen atoms in total. The minimum Gasteiger partial charge on any atom is -0.496 e. The Morgan fingerprint density at radius 2 is 1.84 bits per heavy atom. The van der Waals surface area contributed by atoms with Crippen LogP contribution in [0, 0.1) is 12.2 Å². The number of carbonyl (C=O) groups excluding carboxylic acids is 1. The van der Waals surface area contributed by atoms with Gasteiger partial charge in [-0.3, -0.25) is 4.79 Å². The lowest BCUT2D eigenvalue weighted by Gasteiger charge is -2.22. The molecule has 0 fully saturated rings. The predicted molar refractivity (Wildman–Crippen MR) is 114 cm³/mol. The van der Waals surface area contributed by atoms with Crippen molar-refractivity contribution in [2.24, 2.45) is 0 Å². The number of methoxy groups -OCH3 is 1. The third-order valence-corrected chi connectivity index (χ3v) is 4.12. The van der Waals surface area contributed by atoms with Gasteiger partial charge in [-0.15, -0.1) is 5.48 Å². The number of aromatic nitrogens is 1. The van der Waals surface area contributed by atoms with E-state index in [0.29, 0.717) is 22.9 Å². The second-order valence-electron chi connectivity index (χ2n) is 6.84. The van der Waals surface area contributed by atoms with Gasteiger partial charge in [-0.1, -0.05) is 18.2 Å². The van der Waals surface area contributed by atoms with Crippen LogP contribution < -0.4 is 21.0 Å². The first-order valence-corrected chi connectivity index (χ1v) is 9.28. The van der Waals surface area contributed by atoms with Crippen LogP contribution in [0.4, 0.5) is 11.4 Å². The average molecular weight is 422 g/mol. The van der Waals surface area contributed by atoms with Crippen molar-refractivity contribution in [1.82, 2.24) is 10.5 Å². The zero-order valence-corrected chi connectivity index (χ0v) is 17.3. The van der Waals surface area contributed by atoms with Crippen LogP contribution in [-0.2, 0) is 14.5 Å². The summed E-state index contributed by atoms with van der Waals surface area (Å²) in [5.41, 5.74) is 6.26. The Morgan fingerprint density at radius 1 is 1.06 bits per heavy atom. The summed E-state index contributed by atoms with van der Waals surface area (Å²) in [6, 6.07) is 14.4. The topological polar surface area (TPSA) is 107 Å². The van der Waals surface area contributed by atoms with Gasteiger partial charge in [0.25, 0.3) is 0 Å². The Hall–Kier alpha value is -4.16. The van der Waals surface area contributed by atoms with Crippen LogP contribution in [0.25, 0.3) is 11.3 Å². The van der Waals surface area contributed by atoms with E-state index in [2.05, 4.69) is 33.5 Å². The van der Waals surface area contributed by atoms with Crippen molar-refractivity contribution in [1.29, 1.82) is 0 Å². The quantitative estimate of drug-likeness (QED) is 0.374. The summed E-state index contributed by atoms with van der Waals surface area (Å²) < 4.78 is 10.7. The van der Waals surface area contributed by atoms with Gasteiger partial charge in [-0.05, 0) is 38.1 Å². The van der Waals surface area contributed by atoms with E-state index in [1.807, 2.05) is 18.2 Å². The molecule has 0 bridgehead atoms. The lowest BCUT2D eigenvalue weighted by Crippen LogP contribution is -2.49. The number of anilines is 2. The van der Waals surface area contributed by atoms with E-state index in [1.54, 1.807) is 57.5 Å². The summed E-state index contributed by atoms with van der Waals surface area (Å²) in [5.74, 6) is 0.878. The van der Waals surface area contributed by atoms with Gasteiger partial charge < -0.3 is 24.1 Å². The van der Waals surface area contributed by atoms with Crippen LogP contribution in [0.3, 0.4) is 0 Å². The van der Waals surface area contributed by atoms with Gasteiger partial charge in [-0.25, -0.2) is 10.5 Å². The molecule has 0 saturated heterocycles. The molecule has 0 spiro atoms. The molecule has 31 heavy (non-hydrogen) atoms. The number of ether oxygens (including phenoxy) is 1. The van der Waals surface area contributed by atoms with Crippen LogP contribution in [-0.4, -0.2) is 23.5 Å². The monoisotopic (exact) mass is 422 g/mol. The summed E-state index contributed by atoms with van der Waals surface area (Å²) in [5, 5.41) is 2.79. The van der Waals surface area contributed by atoms with Gasteiger partial charge in [0.15, 0.2) is 24.4 Å². The lowest BCUT2D eigenvalue weighted by atomic mass is 10.1. The average Bonchev–Trinajstić information content (AvgIpc) is 3.31. The van der Waals surface area contributed by atoms with Crippen LogP contribution >= 0.6 is 0 Å². The second-order valence-corrected chi connectivity index (χ2v) is 6.84. The Balaban J connectivity index is 1.47. The van der Waals surface area contributed by atoms with Crippen molar-refractivity contribution in [3.8, 4) is 29.3 Å². The molecule has 1 heterocycles. The first kappa shape index (κ1) is 21.5. The first-order valence-electron chi connectivity index (χ1n) is 9.28. The minimum absolute atomic E-state index is 0.279. The van der Waals surface area contributed by atoms with Crippen molar-refractivity contribution >= 4 is 17.3 Å². The number of hydrogen-bond acceptors (Lipinski definition) is 8. The van der Waals surface area contributed by atoms with Crippen molar-refractivity contribution in [3.05, 3.63) is 61.1 Å². The van der Waals surface area contributed by atoms with Crippen LogP contribution in [0.15, 0.2) is 65.5 Å². The van der Waals surface area contributed by atoms with Gasteiger partial charge in [-0.2, -0.15) is 0 Å². The maximum atomic E-state index is 12.3. The third-order valence-electron chi connectivity index (χ3n) is 4.12. The van der Waals surface area contributed by atoms with E-state index in [4.69, 9.17) is 18.8 Å². The molecule has 0 unspecified atom stereocenters. The lowest BCUT2D eigenvalue weighted by molar-refractivity contribution is -0.125. The van der Waals surface area contributed by atoms with E-state index in [9.17, 15) is 4.79 Å². The van der Waals surface area contributed by atoms with Crippen molar-refractivity contribution in [2.45, 2.75) is 19.4 Å². The number of nitrogens with one attached hydrogen (secondary N) is 3. The van der Waals surface area contributed by atoms with Gasteiger partial charge in [0.05, 0.1) is 24.6 Å². The number of hydrogen-bond donors (Lipinski definition) is 3. The molecule has 3 aromatic rings. The number of para-hydroxylation sites is 1. The highest BCUT2D eigenvalue weighted by molar-refractivity contribution is 5.97. The Bertz CT molecular complexity index is 1060. The third kappa shape index (κ3) is 5.91. The van der Waals surface area contributed by atoms with Crippen molar-refractivity contribution < 1.29 is 23.6 Å². The highest BCUT2D eigenvalue weighted by Crippen LogP contribution is 2.32. The fraction of sp³-hybridized carbons (Fsp3) is 0.182. The fourth-order valence-corrected chi connectivity index (χ4v) is 2.44. The summed E-state index contributed by atoms with van der Waals surface area (Å²) in [7, 11) is 1.55. The number of carbonyl (C=O) groups is 1. The molecule has 1 amide bonds. The highest BCUT2D eigenvalue weighted by atomic mass is 16.7. The standard InChI is InChI=1S/C22H22N4O5/c1-22(2,21(27)24-16-7-5-4-6-8-16)26-31-12-11-30-25-17-9-10-18(19(13-17)28-3)20-14-23-15-29-20/h4-10,13-15,25-26H,1-3H3,(H,24,27). The smallest absolute Gasteiger partial charge is 0.247 e. The number of hydroxylamine groups is 1. The number of amides is 1. The van der Waals surface area contributed by atoms with E-state index in [1.165, 1.54) is 6.39 Å². The molecule has 0 aliphatic heterocycles. The van der Waals surface area contributed by atoms with E-state index in [0.717, 1.165) is 5.56 Å². The Labute approximate surface area is 179 Å². The molecule has 3 N–H and O–H groups in total. The molecule has 9 heteroatoms. The number of rotatable bonds is 8. The first-order chi connectivity index (χ1) is 15.0. The summed E-state index contributed by atoms with van der Waals surface area (Å²) in [6.07, 6.45) is 7.58. The number of oxazole rings is 1.